The number of methoxy groups -OCH3 is 2. The van der Waals surface area contributed by atoms with Crippen molar-refractivity contribution in [3.05, 3.63) is 23.8 Å². The average molecular weight is 265 g/mol. The van der Waals surface area contributed by atoms with Crippen LogP contribution in [0.1, 0.15) is 30.9 Å². The molecule has 0 aliphatic carbocycles. The Labute approximate surface area is 114 Å². The number of aliphatic hydroxyl groups excluding tert-OH is 1. The first kappa shape index (κ1) is 14.2. The molecule has 1 aromatic carbocycles. The van der Waals surface area contributed by atoms with E-state index in [0.29, 0.717) is 6.04 Å². The van der Waals surface area contributed by atoms with Gasteiger partial charge < -0.3 is 14.6 Å². The summed E-state index contributed by atoms with van der Waals surface area (Å²) in [7, 11) is 3.39. The van der Waals surface area contributed by atoms with E-state index in [2.05, 4.69) is 11.0 Å². The third-order valence-electron chi connectivity index (χ3n) is 3.76. The first-order valence-electron chi connectivity index (χ1n) is 6.87. The van der Waals surface area contributed by atoms with Gasteiger partial charge in [0.15, 0.2) is 0 Å². The van der Waals surface area contributed by atoms with Gasteiger partial charge in [0, 0.05) is 24.8 Å². The van der Waals surface area contributed by atoms with Crippen molar-refractivity contribution in [1.29, 1.82) is 0 Å². The highest BCUT2D eigenvalue weighted by molar-refractivity contribution is 5.42. The normalized spacial score (nSPS) is 19.6. The Kier molecular flexibility index (Phi) is 5.05. The first-order valence-corrected chi connectivity index (χ1v) is 6.87. The number of benzene rings is 1. The fourth-order valence-corrected chi connectivity index (χ4v) is 2.82. The number of hydrogen-bond acceptors (Lipinski definition) is 4. The van der Waals surface area contributed by atoms with Gasteiger partial charge in [-0.25, -0.2) is 0 Å². The topological polar surface area (TPSA) is 41.9 Å². The zero-order valence-electron chi connectivity index (χ0n) is 11.8. The summed E-state index contributed by atoms with van der Waals surface area (Å²) in [6, 6.07) is 6.34. The van der Waals surface area contributed by atoms with E-state index in [1.807, 2.05) is 12.1 Å². The van der Waals surface area contributed by atoms with E-state index in [4.69, 9.17) is 14.6 Å². The molecule has 4 heteroatoms. The largest absolute Gasteiger partial charge is 0.497 e. The zero-order valence-corrected chi connectivity index (χ0v) is 11.8. The smallest absolute Gasteiger partial charge is 0.123 e. The molecule has 1 N–H and O–H groups in total. The molecule has 0 aromatic heterocycles. The highest BCUT2D eigenvalue weighted by Crippen LogP contribution is 2.38. The molecule has 1 heterocycles. The molecule has 1 fully saturated rings. The number of hydrogen-bond donors (Lipinski definition) is 1. The van der Waals surface area contributed by atoms with Crippen LogP contribution in [0, 0.1) is 0 Å². The van der Waals surface area contributed by atoms with Crippen LogP contribution in [-0.2, 0) is 0 Å². The number of ether oxygens (including phenoxy) is 2. The molecule has 0 amide bonds. The fourth-order valence-electron chi connectivity index (χ4n) is 2.82. The Bertz CT molecular complexity index is 408. The minimum atomic E-state index is 0.248. The van der Waals surface area contributed by atoms with Crippen molar-refractivity contribution in [3.8, 4) is 11.5 Å². The fraction of sp³-hybridized carbons (Fsp3) is 0.600. The summed E-state index contributed by atoms with van der Waals surface area (Å²) in [6.45, 7) is 2.27. The Morgan fingerprint density at radius 2 is 2.16 bits per heavy atom. The Balaban J connectivity index is 2.23. The molecule has 1 atom stereocenters. The zero-order chi connectivity index (χ0) is 13.7. The lowest BCUT2D eigenvalue weighted by molar-refractivity contribution is 0.211. The minimum absolute atomic E-state index is 0.248. The van der Waals surface area contributed by atoms with Crippen molar-refractivity contribution < 1.29 is 14.6 Å². The molecule has 0 radical (unpaired) electrons. The predicted octanol–water partition coefficient (Wildman–Crippen LogP) is 2.22. The van der Waals surface area contributed by atoms with E-state index in [9.17, 15) is 0 Å². The van der Waals surface area contributed by atoms with E-state index in [1.54, 1.807) is 14.2 Å². The van der Waals surface area contributed by atoms with Crippen LogP contribution in [-0.4, -0.2) is 43.9 Å². The quantitative estimate of drug-likeness (QED) is 0.856. The highest BCUT2D eigenvalue weighted by Gasteiger charge is 2.28. The van der Waals surface area contributed by atoms with E-state index in [-0.39, 0.29) is 6.61 Å². The predicted molar refractivity (Wildman–Crippen MR) is 74.8 cm³/mol. The van der Waals surface area contributed by atoms with Crippen molar-refractivity contribution in [2.45, 2.75) is 25.3 Å². The van der Waals surface area contributed by atoms with Gasteiger partial charge in [-0.3, -0.25) is 4.90 Å². The average Bonchev–Trinajstić information content (AvgIpc) is 2.92. The minimum Gasteiger partial charge on any atom is -0.497 e. The van der Waals surface area contributed by atoms with Gasteiger partial charge >= 0.3 is 0 Å². The van der Waals surface area contributed by atoms with Crippen molar-refractivity contribution in [1.82, 2.24) is 4.90 Å². The number of nitrogens with zero attached hydrogens (tertiary/aromatic N) is 1. The Morgan fingerprint density at radius 3 is 2.84 bits per heavy atom. The molecule has 1 saturated heterocycles. The van der Waals surface area contributed by atoms with Gasteiger partial charge in [0.1, 0.15) is 11.5 Å². The highest BCUT2D eigenvalue weighted by atomic mass is 16.5. The molecular formula is C15H23NO3. The van der Waals surface area contributed by atoms with Gasteiger partial charge in [-0.1, -0.05) is 0 Å². The maximum atomic E-state index is 8.99. The monoisotopic (exact) mass is 265 g/mol. The van der Waals surface area contributed by atoms with E-state index in [0.717, 1.165) is 37.4 Å². The third-order valence-corrected chi connectivity index (χ3v) is 3.76. The van der Waals surface area contributed by atoms with Crippen LogP contribution in [0.25, 0.3) is 0 Å². The molecule has 0 spiro atoms. The van der Waals surface area contributed by atoms with Gasteiger partial charge in [-0.2, -0.15) is 0 Å². The van der Waals surface area contributed by atoms with Crippen LogP contribution < -0.4 is 9.47 Å². The molecule has 106 valence electrons. The summed E-state index contributed by atoms with van der Waals surface area (Å²) in [6.07, 6.45) is 3.15. The number of aliphatic hydroxyl groups is 1. The summed E-state index contributed by atoms with van der Waals surface area (Å²) in [5.74, 6) is 1.78. The molecule has 0 bridgehead atoms. The van der Waals surface area contributed by atoms with Gasteiger partial charge in [-0.15, -0.1) is 0 Å². The molecule has 2 rings (SSSR count). The lowest BCUT2D eigenvalue weighted by Gasteiger charge is -2.26. The van der Waals surface area contributed by atoms with Crippen molar-refractivity contribution in [2.75, 3.05) is 33.9 Å². The molecular weight excluding hydrogens is 242 g/mol. The van der Waals surface area contributed by atoms with Crippen molar-refractivity contribution in [2.24, 2.45) is 0 Å². The van der Waals surface area contributed by atoms with Crippen LogP contribution in [0.2, 0.25) is 0 Å². The molecule has 1 aromatic rings. The molecule has 1 aliphatic rings. The first-order chi connectivity index (χ1) is 9.30. The lowest BCUT2D eigenvalue weighted by Crippen LogP contribution is -2.25. The maximum absolute atomic E-state index is 8.99. The molecule has 4 nitrogen and oxygen atoms in total. The Hall–Kier alpha value is -1.26. The van der Waals surface area contributed by atoms with Gasteiger partial charge in [-0.05, 0) is 44.0 Å². The van der Waals surface area contributed by atoms with Crippen LogP contribution in [0.15, 0.2) is 18.2 Å². The van der Waals surface area contributed by atoms with E-state index < -0.39 is 0 Å². The van der Waals surface area contributed by atoms with Gasteiger partial charge in [0.05, 0.1) is 14.2 Å². The summed E-state index contributed by atoms with van der Waals surface area (Å²) in [5, 5.41) is 8.99. The third kappa shape index (κ3) is 3.19. The van der Waals surface area contributed by atoms with Crippen LogP contribution >= 0.6 is 0 Å². The molecule has 1 aliphatic heterocycles. The maximum Gasteiger partial charge on any atom is 0.123 e. The van der Waals surface area contributed by atoms with Gasteiger partial charge in [0.25, 0.3) is 0 Å². The SMILES string of the molecule is COc1ccc(OC)c(C2CCCN2CCCO)c1. The molecule has 0 saturated carbocycles. The second-order valence-corrected chi connectivity index (χ2v) is 4.88. The van der Waals surface area contributed by atoms with Crippen molar-refractivity contribution in [3.63, 3.8) is 0 Å². The summed E-state index contributed by atoms with van der Waals surface area (Å²) < 4.78 is 10.8. The number of likely N-dealkylation sites (tertiary alicyclic amines) is 1. The summed E-state index contributed by atoms with van der Waals surface area (Å²) in [5.41, 5.74) is 1.19. The number of rotatable bonds is 6. The Morgan fingerprint density at radius 1 is 1.32 bits per heavy atom. The van der Waals surface area contributed by atoms with Crippen LogP contribution in [0.4, 0.5) is 0 Å². The van der Waals surface area contributed by atoms with Crippen molar-refractivity contribution >= 4 is 0 Å². The second-order valence-electron chi connectivity index (χ2n) is 4.88. The standard InChI is InChI=1S/C15H23NO3/c1-18-12-6-7-15(19-2)13(11-12)14-5-3-8-16(14)9-4-10-17/h6-7,11,14,17H,3-5,8-10H2,1-2H3. The summed E-state index contributed by atoms with van der Waals surface area (Å²) in [4.78, 5) is 2.42. The van der Waals surface area contributed by atoms with Gasteiger partial charge in [0.2, 0.25) is 0 Å². The summed E-state index contributed by atoms with van der Waals surface area (Å²) >= 11 is 0. The second kappa shape index (κ2) is 6.78. The van der Waals surface area contributed by atoms with Crippen LogP contribution in [0.5, 0.6) is 11.5 Å². The van der Waals surface area contributed by atoms with E-state index in [1.165, 1.54) is 12.0 Å². The van der Waals surface area contributed by atoms with Crippen LogP contribution in [0.3, 0.4) is 0 Å². The molecule has 19 heavy (non-hydrogen) atoms. The lowest BCUT2D eigenvalue weighted by atomic mass is 10.0. The molecule has 1 unspecified atom stereocenters. The van der Waals surface area contributed by atoms with E-state index >= 15 is 0 Å².